The normalized spacial score (nSPS) is 32.0. The highest BCUT2D eigenvalue weighted by Crippen LogP contribution is 2.67. The number of hydrogen-bond acceptors (Lipinski definition) is 2. The van der Waals surface area contributed by atoms with E-state index >= 15 is 0 Å². The van der Waals surface area contributed by atoms with Gasteiger partial charge in [0, 0.05) is 22.3 Å². The van der Waals surface area contributed by atoms with E-state index in [-0.39, 0.29) is 21.7 Å². The van der Waals surface area contributed by atoms with Gasteiger partial charge in [0.1, 0.15) is 11.5 Å². The van der Waals surface area contributed by atoms with Gasteiger partial charge in [-0.2, -0.15) is 0 Å². The van der Waals surface area contributed by atoms with Crippen molar-refractivity contribution in [1.82, 2.24) is 0 Å². The van der Waals surface area contributed by atoms with E-state index in [1.54, 1.807) is 11.1 Å². The SMILES string of the molecule is COc1c(C(C)(C)C)cc(C2CCCC3C2CC(C)C3[Si](C)(C)C2C(C)CC3C(c4cc(C(C)(C)C)c(OC)c(C(C)(C)C)c4)CCCC32)cc1C(C)(C)C. The highest BCUT2D eigenvalue weighted by atomic mass is 28.3. The van der Waals surface area contributed by atoms with E-state index in [9.17, 15) is 0 Å². The Labute approximate surface area is 341 Å². The Hall–Kier alpha value is -1.74. The molecule has 2 nitrogen and oxygen atoms in total. The van der Waals surface area contributed by atoms with Gasteiger partial charge in [0.2, 0.25) is 0 Å². The lowest BCUT2D eigenvalue weighted by atomic mass is 9.68. The maximum absolute atomic E-state index is 6.23. The Bertz CT molecular complexity index is 1490. The molecule has 4 saturated carbocycles. The van der Waals surface area contributed by atoms with Gasteiger partial charge in [0.15, 0.2) is 0 Å². The quantitative estimate of drug-likeness (QED) is 0.273. The Kier molecular flexibility index (Phi) is 11.5. The summed E-state index contributed by atoms with van der Waals surface area (Å²) in [6, 6.07) is 10.4. The van der Waals surface area contributed by atoms with Gasteiger partial charge in [-0.15, -0.1) is 0 Å². The smallest absolute Gasteiger partial charge is 0.126 e. The molecule has 0 heterocycles. The van der Waals surface area contributed by atoms with Crippen molar-refractivity contribution >= 4 is 8.07 Å². The first-order valence-corrected chi connectivity index (χ1v) is 25.9. The van der Waals surface area contributed by atoms with E-state index in [1.807, 2.05) is 14.2 Å². The molecule has 0 aromatic heterocycles. The van der Waals surface area contributed by atoms with Crippen molar-refractivity contribution in [3.05, 3.63) is 57.6 Å². The fourth-order valence-electron chi connectivity index (χ4n) is 14.2. The van der Waals surface area contributed by atoms with E-state index in [0.29, 0.717) is 11.8 Å². The van der Waals surface area contributed by atoms with Crippen LogP contribution in [-0.2, 0) is 21.7 Å². The summed E-state index contributed by atoms with van der Waals surface area (Å²) >= 11 is 0. The molecule has 2 aromatic carbocycles. The topological polar surface area (TPSA) is 18.5 Å². The molecule has 10 atom stereocenters. The third-order valence-corrected chi connectivity index (χ3v) is 21.5. The number of rotatable bonds is 6. The van der Waals surface area contributed by atoms with Crippen LogP contribution in [0.25, 0.3) is 0 Å². The van der Waals surface area contributed by atoms with Gasteiger partial charge in [-0.3, -0.25) is 0 Å². The van der Waals surface area contributed by atoms with Crippen LogP contribution >= 0.6 is 0 Å². The predicted molar refractivity (Wildman–Crippen MR) is 240 cm³/mol. The lowest BCUT2D eigenvalue weighted by Gasteiger charge is -2.49. The molecule has 55 heavy (non-hydrogen) atoms. The van der Waals surface area contributed by atoms with E-state index in [4.69, 9.17) is 9.47 Å². The number of ether oxygens (including phenoxy) is 2. The average molecular weight is 769 g/mol. The van der Waals surface area contributed by atoms with E-state index in [1.165, 1.54) is 73.6 Å². The minimum atomic E-state index is -1.67. The summed E-state index contributed by atoms with van der Waals surface area (Å²) < 4.78 is 12.5. The van der Waals surface area contributed by atoms with Crippen molar-refractivity contribution in [2.75, 3.05) is 14.2 Å². The van der Waals surface area contributed by atoms with Crippen molar-refractivity contribution in [3.8, 4) is 11.5 Å². The van der Waals surface area contributed by atoms with Gasteiger partial charge in [-0.05, 0) is 117 Å². The van der Waals surface area contributed by atoms with Gasteiger partial charge in [0.05, 0.1) is 22.3 Å². The molecule has 4 aliphatic rings. The van der Waals surface area contributed by atoms with Crippen LogP contribution in [-0.4, -0.2) is 22.3 Å². The van der Waals surface area contributed by atoms with Crippen molar-refractivity contribution in [3.63, 3.8) is 0 Å². The van der Waals surface area contributed by atoms with Gasteiger partial charge >= 0.3 is 0 Å². The summed E-state index contributed by atoms with van der Waals surface area (Å²) in [4.78, 5) is 0. The largest absolute Gasteiger partial charge is 0.496 e. The minimum absolute atomic E-state index is 0.0390. The molecule has 0 radical (unpaired) electrons. The molecular weight excluding hydrogens is 685 g/mol. The molecule has 0 N–H and O–H groups in total. The maximum atomic E-state index is 6.23. The van der Waals surface area contributed by atoms with E-state index in [2.05, 4.69) is 134 Å². The van der Waals surface area contributed by atoms with Crippen LogP contribution in [0.4, 0.5) is 0 Å². The summed E-state index contributed by atoms with van der Waals surface area (Å²) in [5, 5.41) is 0. The van der Waals surface area contributed by atoms with Crippen LogP contribution in [0.5, 0.6) is 11.5 Å². The monoisotopic (exact) mass is 769 g/mol. The summed E-state index contributed by atoms with van der Waals surface area (Å²) in [6.07, 6.45) is 11.2. The van der Waals surface area contributed by atoms with Crippen LogP contribution in [0.15, 0.2) is 24.3 Å². The summed E-state index contributed by atoms with van der Waals surface area (Å²) in [7, 11) is 2.10. The molecule has 3 heteroatoms. The van der Waals surface area contributed by atoms with Crippen molar-refractivity contribution in [2.45, 2.75) is 206 Å². The fourth-order valence-corrected chi connectivity index (χ4v) is 20.9. The number of hydrogen-bond donors (Lipinski definition) is 0. The molecule has 0 spiro atoms. The Morgan fingerprint density at radius 1 is 0.473 bits per heavy atom. The molecule has 0 amide bonds. The highest BCUT2D eigenvalue weighted by Gasteiger charge is 2.60. The zero-order valence-corrected chi connectivity index (χ0v) is 40.1. The molecule has 2 aromatic rings. The van der Waals surface area contributed by atoms with Crippen molar-refractivity contribution < 1.29 is 9.47 Å². The molecule has 0 aliphatic heterocycles. The zero-order chi connectivity index (χ0) is 40.8. The first kappa shape index (κ1) is 42.9. The third-order valence-electron chi connectivity index (χ3n) is 16.1. The van der Waals surface area contributed by atoms with Crippen LogP contribution in [0, 0.1) is 35.5 Å². The highest BCUT2D eigenvalue weighted by molar-refractivity contribution is 6.80. The maximum Gasteiger partial charge on any atom is 0.126 e. The molecule has 10 unspecified atom stereocenters. The number of fused-ring (bicyclic) bond motifs is 2. The molecule has 4 fully saturated rings. The van der Waals surface area contributed by atoms with Gasteiger partial charge in [-0.25, -0.2) is 0 Å². The molecular formula is C52H84O2Si. The molecule has 0 saturated heterocycles. The summed E-state index contributed by atoms with van der Waals surface area (Å²) in [6.45, 7) is 39.7. The second-order valence-electron chi connectivity index (χ2n) is 24.3. The Morgan fingerprint density at radius 2 is 0.764 bits per heavy atom. The fraction of sp³-hybridized carbons (Fsp3) is 0.769. The molecule has 0 bridgehead atoms. The number of benzene rings is 2. The average Bonchev–Trinajstić information content (AvgIpc) is 3.61. The Morgan fingerprint density at radius 3 is 1.02 bits per heavy atom. The van der Waals surface area contributed by atoms with E-state index in [0.717, 1.165) is 58.1 Å². The van der Waals surface area contributed by atoms with Crippen LogP contribution in [0.3, 0.4) is 0 Å². The Balaban J connectivity index is 1.34. The summed E-state index contributed by atoms with van der Waals surface area (Å²) in [5.41, 5.74) is 10.8. The van der Waals surface area contributed by atoms with Gasteiger partial charge < -0.3 is 9.47 Å². The number of methoxy groups -OCH3 is 2. The van der Waals surface area contributed by atoms with Gasteiger partial charge in [0.25, 0.3) is 0 Å². The molecule has 6 rings (SSSR count). The summed E-state index contributed by atoms with van der Waals surface area (Å²) in [5.74, 6) is 8.62. The molecule has 308 valence electrons. The third kappa shape index (κ3) is 7.78. The second kappa shape index (κ2) is 14.8. The van der Waals surface area contributed by atoms with Crippen molar-refractivity contribution in [2.24, 2.45) is 35.5 Å². The van der Waals surface area contributed by atoms with Crippen LogP contribution in [0.1, 0.15) is 194 Å². The van der Waals surface area contributed by atoms with Crippen LogP contribution in [0.2, 0.25) is 24.2 Å². The zero-order valence-electron chi connectivity index (χ0n) is 39.1. The first-order valence-electron chi connectivity index (χ1n) is 22.8. The second-order valence-corrected chi connectivity index (χ2v) is 29.3. The molecule has 4 aliphatic carbocycles. The first-order chi connectivity index (χ1) is 25.3. The van der Waals surface area contributed by atoms with Crippen LogP contribution < -0.4 is 9.47 Å². The lowest BCUT2D eigenvalue weighted by molar-refractivity contribution is 0.226. The lowest BCUT2D eigenvalue weighted by Crippen LogP contribution is -2.47. The standard InChI is InChI=1S/C52H84O2Si/c1-31-25-39-35(33-27-41(49(3,4)5)45(53-15)42(28-33)50(6,7)8)21-19-23-37(39)47(31)55(17,18)48-32(2)26-40-36(22-20-24-38(40)48)34-29-43(51(9,10)11)46(54-16)44(30-34)52(12,13)14/h27-32,35-40,47-48H,19-26H2,1-18H3. The minimum Gasteiger partial charge on any atom is -0.496 e. The van der Waals surface area contributed by atoms with Crippen molar-refractivity contribution in [1.29, 1.82) is 0 Å². The van der Waals surface area contributed by atoms with Gasteiger partial charge in [-0.1, -0.05) is 160 Å². The van der Waals surface area contributed by atoms with E-state index < -0.39 is 8.07 Å². The predicted octanol–water partition coefficient (Wildman–Crippen LogP) is 15.1.